The van der Waals surface area contributed by atoms with Crippen molar-refractivity contribution in [3.05, 3.63) is 82.4 Å². The SMILES string of the molecule is C/C=C\C1CCC(C(=O)Cc2ccc(C(C)Cc3cccc(C(C)(C)F)c3)c(C)c2)CC1. The maximum absolute atomic E-state index is 14.3. The van der Waals surface area contributed by atoms with E-state index in [-0.39, 0.29) is 5.92 Å². The van der Waals surface area contributed by atoms with Crippen molar-refractivity contribution in [1.82, 2.24) is 0 Å². The summed E-state index contributed by atoms with van der Waals surface area (Å²) in [6.45, 7) is 9.65. The van der Waals surface area contributed by atoms with Crippen molar-refractivity contribution in [1.29, 1.82) is 0 Å². The molecule has 0 saturated heterocycles. The van der Waals surface area contributed by atoms with E-state index in [2.05, 4.69) is 57.2 Å². The van der Waals surface area contributed by atoms with Gasteiger partial charge in [-0.15, -0.1) is 0 Å². The monoisotopic (exact) mass is 434 g/mol. The van der Waals surface area contributed by atoms with E-state index in [1.807, 2.05) is 18.2 Å². The lowest BCUT2D eigenvalue weighted by molar-refractivity contribution is -0.123. The van der Waals surface area contributed by atoms with E-state index in [4.69, 9.17) is 0 Å². The standard InChI is InChI=1S/C30H39FO/c1-6-8-23-11-14-26(15-12-23)29(32)20-25-13-16-28(22(3)18-25)21(2)17-24-9-7-10-27(19-24)30(4,5)31/h6-10,13,16,18-19,21,23,26H,11-12,14-15,17,20H2,1-5H3/b8-6-. The molecule has 0 bridgehead atoms. The van der Waals surface area contributed by atoms with Gasteiger partial charge in [0.1, 0.15) is 11.5 Å². The number of ketones is 1. The molecular formula is C30H39FO. The minimum Gasteiger partial charge on any atom is -0.299 e. The summed E-state index contributed by atoms with van der Waals surface area (Å²) in [7, 11) is 0. The largest absolute Gasteiger partial charge is 0.299 e. The van der Waals surface area contributed by atoms with Gasteiger partial charge in [-0.3, -0.25) is 4.79 Å². The van der Waals surface area contributed by atoms with Crippen LogP contribution in [-0.4, -0.2) is 5.78 Å². The first kappa shape index (κ1) is 24.4. The molecule has 3 rings (SSSR count). The Morgan fingerprint density at radius 1 is 1.09 bits per heavy atom. The third-order valence-electron chi connectivity index (χ3n) is 7.09. The molecular weight excluding hydrogens is 395 g/mol. The average Bonchev–Trinajstić information content (AvgIpc) is 2.74. The molecule has 2 heteroatoms. The number of hydrogen-bond acceptors (Lipinski definition) is 1. The number of aryl methyl sites for hydroxylation is 1. The Morgan fingerprint density at radius 3 is 2.44 bits per heavy atom. The van der Waals surface area contributed by atoms with E-state index in [0.717, 1.165) is 48.8 Å². The fourth-order valence-corrected chi connectivity index (χ4v) is 5.18. The molecule has 172 valence electrons. The van der Waals surface area contributed by atoms with Crippen LogP contribution in [0.3, 0.4) is 0 Å². The van der Waals surface area contributed by atoms with E-state index < -0.39 is 5.67 Å². The highest BCUT2D eigenvalue weighted by Crippen LogP contribution is 2.32. The number of alkyl halides is 1. The van der Waals surface area contributed by atoms with Gasteiger partial charge >= 0.3 is 0 Å². The predicted molar refractivity (Wildman–Crippen MR) is 133 cm³/mol. The molecule has 0 radical (unpaired) electrons. The smallest absolute Gasteiger partial charge is 0.140 e. The number of hydrogen-bond donors (Lipinski definition) is 0. The van der Waals surface area contributed by atoms with Gasteiger partial charge in [0.05, 0.1) is 0 Å². The molecule has 32 heavy (non-hydrogen) atoms. The number of allylic oxidation sites excluding steroid dienone is 2. The maximum atomic E-state index is 14.3. The minimum atomic E-state index is -1.32. The van der Waals surface area contributed by atoms with Crippen LogP contribution in [-0.2, 0) is 23.3 Å². The Bertz CT molecular complexity index is 942. The molecule has 2 aromatic rings. The van der Waals surface area contributed by atoms with Gasteiger partial charge in [0.25, 0.3) is 0 Å². The van der Waals surface area contributed by atoms with Gasteiger partial charge in [0.15, 0.2) is 0 Å². The van der Waals surface area contributed by atoms with Gasteiger partial charge < -0.3 is 0 Å². The molecule has 0 spiro atoms. The summed E-state index contributed by atoms with van der Waals surface area (Å²) in [6.07, 6.45) is 10.2. The molecule has 0 amide bonds. The van der Waals surface area contributed by atoms with Crippen LogP contribution in [0.15, 0.2) is 54.6 Å². The lowest BCUT2D eigenvalue weighted by Gasteiger charge is -2.26. The molecule has 1 atom stereocenters. The lowest BCUT2D eigenvalue weighted by atomic mass is 9.78. The van der Waals surface area contributed by atoms with Crippen LogP contribution >= 0.6 is 0 Å². The Kier molecular flexibility index (Phi) is 8.09. The average molecular weight is 435 g/mol. The highest BCUT2D eigenvalue weighted by molar-refractivity contribution is 5.83. The van der Waals surface area contributed by atoms with Gasteiger partial charge in [-0.1, -0.05) is 61.5 Å². The minimum absolute atomic E-state index is 0.224. The van der Waals surface area contributed by atoms with E-state index in [9.17, 15) is 9.18 Å². The first-order valence-electron chi connectivity index (χ1n) is 12.2. The number of carbonyl (C=O) groups excluding carboxylic acids is 1. The molecule has 1 unspecified atom stereocenters. The van der Waals surface area contributed by atoms with Crippen molar-refractivity contribution < 1.29 is 9.18 Å². The fourth-order valence-electron chi connectivity index (χ4n) is 5.18. The molecule has 2 aromatic carbocycles. The third-order valence-corrected chi connectivity index (χ3v) is 7.09. The third kappa shape index (κ3) is 6.40. The molecule has 1 aliphatic rings. The molecule has 1 saturated carbocycles. The summed E-state index contributed by atoms with van der Waals surface area (Å²) in [5, 5.41) is 0. The van der Waals surface area contributed by atoms with Crippen molar-refractivity contribution in [2.75, 3.05) is 0 Å². The topological polar surface area (TPSA) is 17.1 Å². The van der Waals surface area contributed by atoms with Crippen molar-refractivity contribution in [3.63, 3.8) is 0 Å². The number of carbonyl (C=O) groups is 1. The second kappa shape index (κ2) is 10.6. The molecule has 1 fully saturated rings. The van der Waals surface area contributed by atoms with Gasteiger partial charge in [-0.25, -0.2) is 4.39 Å². The molecule has 0 heterocycles. The Labute approximate surface area is 194 Å². The highest BCUT2D eigenvalue weighted by atomic mass is 19.1. The second-order valence-electron chi connectivity index (χ2n) is 10.2. The zero-order valence-electron chi connectivity index (χ0n) is 20.5. The fraction of sp³-hybridized carbons (Fsp3) is 0.500. The van der Waals surface area contributed by atoms with Crippen LogP contribution in [0, 0.1) is 18.8 Å². The molecule has 0 aliphatic heterocycles. The number of rotatable bonds is 8. The lowest BCUT2D eigenvalue weighted by Crippen LogP contribution is -2.22. The first-order valence-corrected chi connectivity index (χ1v) is 12.2. The van der Waals surface area contributed by atoms with Crippen molar-refractivity contribution in [2.45, 2.75) is 84.7 Å². The molecule has 1 nitrogen and oxygen atoms in total. The van der Waals surface area contributed by atoms with E-state index in [0.29, 0.717) is 24.0 Å². The normalized spacial score (nSPS) is 20.4. The summed E-state index contributed by atoms with van der Waals surface area (Å²) in [5.41, 5.74) is 4.23. The quantitative estimate of drug-likeness (QED) is 0.384. The van der Waals surface area contributed by atoms with Crippen LogP contribution in [0.5, 0.6) is 0 Å². The Balaban J connectivity index is 1.62. The van der Waals surface area contributed by atoms with Gasteiger partial charge in [0.2, 0.25) is 0 Å². The second-order valence-corrected chi connectivity index (χ2v) is 10.2. The number of halogens is 1. The summed E-state index contributed by atoms with van der Waals surface area (Å²) in [5.74, 6) is 1.61. The van der Waals surface area contributed by atoms with Crippen molar-refractivity contribution >= 4 is 5.78 Å². The summed E-state index contributed by atoms with van der Waals surface area (Å²) < 4.78 is 14.3. The molecule has 1 aliphatic carbocycles. The van der Waals surface area contributed by atoms with E-state index in [1.54, 1.807) is 13.8 Å². The molecule has 0 N–H and O–H groups in total. The zero-order chi connectivity index (χ0) is 23.3. The van der Waals surface area contributed by atoms with Gasteiger partial charge in [-0.2, -0.15) is 0 Å². The maximum Gasteiger partial charge on any atom is 0.140 e. The van der Waals surface area contributed by atoms with Crippen molar-refractivity contribution in [2.24, 2.45) is 11.8 Å². The number of benzene rings is 2. The highest BCUT2D eigenvalue weighted by Gasteiger charge is 2.25. The van der Waals surface area contributed by atoms with Gasteiger partial charge in [0, 0.05) is 12.3 Å². The molecule has 0 aromatic heterocycles. The first-order chi connectivity index (χ1) is 15.2. The van der Waals surface area contributed by atoms with Crippen LogP contribution in [0.25, 0.3) is 0 Å². The van der Waals surface area contributed by atoms with Crippen LogP contribution in [0.4, 0.5) is 4.39 Å². The summed E-state index contributed by atoms with van der Waals surface area (Å²) >= 11 is 0. The van der Waals surface area contributed by atoms with Crippen LogP contribution < -0.4 is 0 Å². The van der Waals surface area contributed by atoms with E-state index in [1.165, 1.54) is 11.1 Å². The Morgan fingerprint density at radius 2 is 1.81 bits per heavy atom. The zero-order valence-corrected chi connectivity index (χ0v) is 20.5. The van der Waals surface area contributed by atoms with Crippen LogP contribution in [0.1, 0.15) is 87.1 Å². The summed E-state index contributed by atoms with van der Waals surface area (Å²) in [4.78, 5) is 12.9. The van der Waals surface area contributed by atoms with Crippen LogP contribution in [0.2, 0.25) is 0 Å². The van der Waals surface area contributed by atoms with Gasteiger partial charge in [-0.05, 0) is 99.5 Å². The predicted octanol–water partition coefficient (Wildman–Crippen LogP) is 8.04. The Hall–Kier alpha value is -2.22. The number of Topliss-reactive ketones (excluding diaryl/α,β-unsaturated/α-hetero) is 1. The van der Waals surface area contributed by atoms with Crippen molar-refractivity contribution in [3.8, 4) is 0 Å². The van der Waals surface area contributed by atoms with E-state index >= 15 is 0 Å². The summed E-state index contributed by atoms with van der Waals surface area (Å²) in [6, 6.07) is 14.4.